The van der Waals surface area contributed by atoms with Crippen LogP contribution in [0.1, 0.15) is 52.9 Å². The van der Waals surface area contributed by atoms with Crippen molar-refractivity contribution in [3.05, 3.63) is 0 Å². The summed E-state index contributed by atoms with van der Waals surface area (Å²) in [6.45, 7) is 14.4. The first kappa shape index (κ1) is 16.3. The van der Waals surface area contributed by atoms with Gasteiger partial charge in [-0.05, 0) is 25.3 Å². The van der Waals surface area contributed by atoms with Gasteiger partial charge in [0.1, 0.15) is 0 Å². The maximum absolute atomic E-state index is 3.76. The van der Waals surface area contributed by atoms with Crippen molar-refractivity contribution in [2.45, 2.75) is 65.0 Å². The number of piperazine rings is 1. The zero-order valence-corrected chi connectivity index (χ0v) is 13.9. The maximum Gasteiger partial charge on any atom is 0.0250 e. The molecule has 2 unspecified atom stereocenters. The van der Waals surface area contributed by atoms with Gasteiger partial charge in [0.25, 0.3) is 0 Å². The van der Waals surface area contributed by atoms with Crippen molar-refractivity contribution in [1.29, 1.82) is 0 Å². The highest BCUT2D eigenvalue weighted by Crippen LogP contribution is 2.23. The van der Waals surface area contributed by atoms with E-state index in [1.54, 1.807) is 0 Å². The second-order valence-corrected chi connectivity index (χ2v) is 7.10. The molecule has 118 valence electrons. The Morgan fingerprint density at radius 2 is 1.70 bits per heavy atom. The van der Waals surface area contributed by atoms with E-state index in [1.165, 1.54) is 64.8 Å². The minimum Gasteiger partial charge on any atom is -0.313 e. The fraction of sp³-hybridized carbons (Fsp3) is 1.00. The predicted octanol–water partition coefficient (Wildman–Crippen LogP) is 2.57. The van der Waals surface area contributed by atoms with Crippen LogP contribution in [0, 0.1) is 5.92 Å². The predicted molar refractivity (Wildman–Crippen MR) is 87.2 cm³/mol. The summed E-state index contributed by atoms with van der Waals surface area (Å²) in [4.78, 5) is 5.44. The Bertz CT molecular complexity index is 259. The van der Waals surface area contributed by atoms with E-state index in [2.05, 4.69) is 35.9 Å². The molecule has 20 heavy (non-hydrogen) atoms. The van der Waals surface area contributed by atoms with E-state index >= 15 is 0 Å². The molecule has 0 spiro atoms. The van der Waals surface area contributed by atoms with Crippen molar-refractivity contribution in [3.63, 3.8) is 0 Å². The van der Waals surface area contributed by atoms with Crippen LogP contribution in [0.25, 0.3) is 0 Å². The molecule has 0 amide bonds. The van der Waals surface area contributed by atoms with Gasteiger partial charge in [-0.15, -0.1) is 0 Å². The van der Waals surface area contributed by atoms with Crippen molar-refractivity contribution in [3.8, 4) is 0 Å². The fourth-order valence-corrected chi connectivity index (χ4v) is 4.02. The van der Waals surface area contributed by atoms with Gasteiger partial charge in [0.05, 0.1) is 0 Å². The molecule has 0 aromatic heterocycles. The zero-order chi connectivity index (χ0) is 14.4. The molecule has 0 aromatic carbocycles. The van der Waals surface area contributed by atoms with E-state index in [1.807, 2.05) is 0 Å². The Hall–Kier alpha value is -0.120. The van der Waals surface area contributed by atoms with E-state index in [-0.39, 0.29) is 0 Å². The smallest absolute Gasteiger partial charge is 0.0250 e. The highest BCUT2D eigenvalue weighted by atomic mass is 15.3. The summed E-state index contributed by atoms with van der Waals surface area (Å²) in [5, 5.41) is 3.76. The summed E-state index contributed by atoms with van der Waals surface area (Å²) >= 11 is 0. The largest absolute Gasteiger partial charge is 0.313 e. The van der Waals surface area contributed by atoms with Crippen LogP contribution in [0.3, 0.4) is 0 Å². The first-order valence-corrected chi connectivity index (χ1v) is 8.90. The lowest BCUT2D eigenvalue weighted by Crippen LogP contribution is -2.56. The van der Waals surface area contributed by atoms with E-state index < -0.39 is 0 Å². The van der Waals surface area contributed by atoms with E-state index in [0.717, 1.165) is 24.5 Å². The Morgan fingerprint density at radius 3 is 2.35 bits per heavy atom. The number of hydrogen-bond acceptors (Lipinski definition) is 3. The van der Waals surface area contributed by atoms with Crippen LogP contribution in [-0.4, -0.2) is 61.2 Å². The number of hydrogen-bond donors (Lipinski definition) is 1. The van der Waals surface area contributed by atoms with Gasteiger partial charge < -0.3 is 10.2 Å². The van der Waals surface area contributed by atoms with Crippen molar-refractivity contribution in [1.82, 2.24) is 15.1 Å². The molecular formula is C17H35N3. The second kappa shape index (κ2) is 8.35. The molecular weight excluding hydrogens is 246 g/mol. The summed E-state index contributed by atoms with van der Waals surface area (Å²) in [6, 6.07) is 1.53. The Morgan fingerprint density at radius 1 is 1.00 bits per heavy atom. The normalized spacial score (nSPS) is 30.6. The van der Waals surface area contributed by atoms with Crippen LogP contribution in [0.2, 0.25) is 0 Å². The first-order valence-electron chi connectivity index (χ1n) is 8.90. The molecule has 1 heterocycles. The van der Waals surface area contributed by atoms with Crippen molar-refractivity contribution in [2.24, 2.45) is 5.92 Å². The van der Waals surface area contributed by atoms with Gasteiger partial charge in [0, 0.05) is 44.8 Å². The van der Waals surface area contributed by atoms with Crippen molar-refractivity contribution in [2.75, 3.05) is 39.3 Å². The third-order valence-corrected chi connectivity index (χ3v) is 4.95. The molecule has 0 bridgehead atoms. The molecule has 3 nitrogen and oxygen atoms in total. The second-order valence-electron chi connectivity index (χ2n) is 7.10. The Kier molecular flexibility index (Phi) is 6.79. The number of rotatable bonds is 5. The molecule has 1 saturated heterocycles. The van der Waals surface area contributed by atoms with Crippen LogP contribution in [0.5, 0.6) is 0 Å². The third-order valence-electron chi connectivity index (χ3n) is 4.95. The third kappa shape index (κ3) is 4.71. The lowest BCUT2D eigenvalue weighted by atomic mass is 10.00. The fourth-order valence-electron chi connectivity index (χ4n) is 4.02. The van der Waals surface area contributed by atoms with Crippen LogP contribution >= 0.6 is 0 Å². The Labute approximate surface area is 126 Å². The molecule has 2 rings (SSSR count). The average molecular weight is 281 g/mol. The molecule has 2 atom stereocenters. The topological polar surface area (TPSA) is 18.5 Å². The number of nitrogens with one attached hydrogen (secondary N) is 1. The molecule has 3 heteroatoms. The molecule has 1 saturated carbocycles. The summed E-state index contributed by atoms with van der Waals surface area (Å²) in [5.74, 6) is 0.800. The van der Waals surface area contributed by atoms with Crippen molar-refractivity contribution >= 4 is 0 Å². The van der Waals surface area contributed by atoms with Gasteiger partial charge in [-0.2, -0.15) is 0 Å². The zero-order valence-electron chi connectivity index (χ0n) is 13.9. The highest BCUT2D eigenvalue weighted by molar-refractivity contribution is 4.89. The minimum absolute atomic E-state index is 0.735. The first-order chi connectivity index (χ1) is 9.70. The maximum atomic E-state index is 3.76. The van der Waals surface area contributed by atoms with Crippen LogP contribution in [0.4, 0.5) is 0 Å². The quantitative estimate of drug-likeness (QED) is 0.781. The van der Waals surface area contributed by atoms with Crippen molar-refractivity contribution < 1.29 is 0 Å². The summed E-state index contributed by atoms with van der Waals surface area (Å²) < 4.78 is 0. The SMILES string of the molecule is CCNC1CCCCCC1N1CCN(CC(C)C)CC1. The van der Waals surface area contributed by atoms with Gasteiger partial charge in [0.15, 0.2) is 0 Å². The lowest BCUT2D eigenvalue weighted by molar-refractivity contribution is 0.0697. The van der Waals surface area contributed by atoms with Gasteiger partial charge in [-0.1, -0.05) is 40.0 Å². The van der Waals surface area contributed by atoms with E-state index in [9.17, 15) is 0 Å². The average Bonchev–Trinajstić information content (AvgIpc) is 2.65. The summed E-state index contributed by atoms with van der Waals surface area (Å²) in [6.07, 6.45) is 7.07. The van der Waals surface area contributed by atoms with E-state index in [0.29, 0.717) is 0 Å². The Balaban J connectivity index is 1.86. The highest BCUT2D eigenvalue weighted by Gasteiger charge is 2.30. The summed E-state index contributed by atoms with van der Waals surface area (Å²) in [5.41, 5.74) is 0. The monoisotopic (exact) mass is 281 g/mol. The van der Waals surface area contributed by atoms with Gasteiger partial charge >= 0.3 is 0 Å². The molecule has 1 aliphatic heterocycles. The van der Waals surface area contributed by atoms with Crippen LogP contribution in [0.15, 0.2) is 0 Å². The molecule has 2 fully saturated rings. The van der Waals surface area contributed by atoms with Crippen LogP contribution < -0.4 is 5.32 Å². The molecule has 0 aromatic rings. The number of nitrogens with zero attached hydrogens (tertiary/aromatic N) is 2. The number of likely N-dealkylation sites (N-methyl/N-ethyl adjacent to an activating group) is 1. The molecule has 2 aliphatic rings. The van der Waals surface area contributed by atoms with Gasteiger partial charge in [-0.3, -0.25) is 4.90 Å². The lowest BCUT2D eigenvalue weighted by Gasteiger charge is -2.42. The van der Waals surface area contributed by atoms with Gasteiger partial charge in [-0.25, -0.2) is 0 Å². The van der Waals surface area contributed by atoms with Crippen LogP contribution in [-0.2, 0) is 0 Å². The van der Waals surface area contributed by atoms with Gasteiger partial charge in [0.2, 0.25) is 0 Å². The molecule has 1 N–H and O–H groups in total. The molecule has 0 radical (unpaired) electrons. The van der Waals surface area contributed by atoms with E-state index in [4.69, 9.17) is 0 Å². The molecule has 1 aliphatic carbocycles. The standard InChI is InChI=1S/C17H35N3/c1-4-18-16-8-6-5-7-9-17(16)20-12-10-19(11-13-20)14-15(2)3/h15-18H,4-14H2,1-3H3. The minimum atomic E-state index is 0.735. The summed E-state index contributed by atoms with van der Waals surface area (Å²) in [7, 11) is 0.